The molecular weight excluding hydrogens is 676 g/mol. The second kappa shape index (κ2) is 9.27. The molecular formula is C40H24Pt. The molecule has 0 fully saturated rings. The van der Waals surface area contributed by atoms with Gasteiger partial charge in [-0.15, -0.1) is 0 Å². The molecule has 41 heavy (non-hydrogen) atoms. The monoisotopic (exact) mass is 699 g/mol. The molecule has 0 aromatic heterocycles. The molecule has 0 aliphatic heterocycles. The summed E-state index contributed by atoms with van der Waals surface area (Å²) in [4.78, 5) is 0. The Kier molecular flexibility index (Phi) is 5.49. The normalized spacial score (nSPS) is 11.7. The third-order valence-electron chi connectivity index (χ3n) is 8.78. The van der Waals surface area contributed by atoms with Crippen LogP contribution in [-0.2, 0) is 21.1 Å². The zero-order valence-corrected chi connectivity index (χ0v) is 24.4. The Hall–Kier alpha value is -4.51. The van der Waals surface area contributed by atoms with Crippen molar-refractivity contribution in [2.75, 3.05) is 0 Å². The van der Waals surface area contributed by atoms with Gasteiger partial charge in [0.25, 0.3) is 0 Å². The summed E-state index contributed by atoms with van der Waals surface area (Å²) in [5, 5.41) is 21.8. The molecule has 0 nitrogen and oxygen atoms in total. The summed E-state index contributed by atoms with van der Waals surface area (Å²) < 4.78 is 0. The summed E-state index contributed by atoms with van der Waals surface area (Å²) in [6, 6.07) is 52.9. The van der Waals surface area contributed by atoms with Crippen LogP contribution in [0, 0.1) is 0 Å². The fourth-order valence-corrected chi connectivity index (χ4v) is 7.16. The number of hydrogen-bond donors (Lipinski definition) is 0. The summed E-state index contributed by atoms with van der Waals surface area (Å²) in [5.41, 5.74) is 0. The summed E-state index contributed by atoms with van der Waals surface area (Å²) >= 11 is 0. The molecule has 0 radical (unpaired) electrons. The predicted molar refractivity (Wildman–Crippen MR) is 175 cm³/mol. The molecule has 0 saturated heterocycles. The van der Waals surface area contributed by atoms with Crippen molar-refractivity contribution in [2.45, 2.75) is 0 Å². The molecule has 1 heteroatoms. The standard InChI is InChI=1S/2C20H12.Pt/c2*1-5-13-6-2-11-17-18-12-4-8-14-7-3-10-16(20(14)18)15(9-1)19(13)17;/h2*1-12H;. The number of benzene rings is 10. The minimum Gasteiger partial charge on any atom is -0.0610 e. The summed E-state index contributed by atoms with van der Waals surface area (Å²) in [7, 11) is 0. The molecule has 10 rings (SSSR count). The molecule has 0 unspecified atom stereocenters. The third kappa shape index (κ3) is 3.44. The molecule has 194 valence electrons. The average molecular weight is 700 g/mol. The maximum atomic E-state index is 2.25. The summed E-state index contributed by atoms with van der Waals surface area (Å²) in [5.74, 6) is 0. The number of rotatable bonds is 0. The predicted octanol–water partition coefficient (Wildman–Crippen LogP) is 11.5. The van der Waals surface area contributed by atoms with E-state index in [-0.39, 0.29) is 21.1 Å². The average Bonchev–Trinajstić information content (AvgIpc) is 3.02. The van der Waals surface area contributed by atoms with E-state index in [1.54, 1.807) is 0 Å². The Morgan fingerprint density at radius 1 is 0.195 bits per heavy atom. The van der Waals surface area contributed by atoms with Crippen LogP contribution in [0.1, 0.15) is 0 Å². The van der Waals surface area contributed by atoms with Crippen LogP contribution >= 0.6 is 0 Å². The molecule has 0 aliphatic rings. The van der Waals surface area contributed by atoms with Gasteiger partial charge in [-0.1, -0.05) is 146 Å². The fraction of sp³-hybridized carbons (Fsp3) is 0. The van der Waals surface area contributed by atoms with Crippen LogP contribution < -0.4 is 0 Å². The van der Waals surface area contributed by atoms with Crippen molar-refractivity contribution < 1.29 is 21.1 Å². The van der Waals surface area contributed by atoms with Crippen molar-refractivity contribution in [2.24, 2.45) is 0 Å². The first-order valence-electron chi connectivity index (χ1n) is 14.0. The summed E-state index contributed by atoms with van der Waals surface area (Å²) in [6.45, 7) is 0. The number of hydrogen-bond acceptors (Lipinski definition) is 0. The van der Waals surface area contributed by atoms with Crippen LogP contribution in [0.5, 0.6) is 0 Å². The van der Waals surface area contributed by atoms with Gasteiger partial charge in [-0.3, -0.25) is 0 Å². The van der Waals surface area contributed by atoms with Crippen LogP contribution in [-0.4, -0.2) is 0 Å². The van der Waals surface area contributed by atoms with E-state index in [1.165, 1.54) is 86.2 Å². The van der Waals surface area contributed by atoms with Gasteiger partial charge in [0.05, 0.1) is 0 Å². The van der Waals surface area contributed by atoms with Gasteiger partial charge >= 0.3 is 0 Å². The zero-order chi connectivity index (χ0) is 26.2. The molecule has 0 amide bonds. The molecule has 0 aliphatic carbocycles. The first kappa shape index (κ1) is 24.3. The number of fused-ring (bicyclic) bond motifs is 4. The van der Waals surface area contributed by atoms with E-state index in [0.717, 1.165) is 0 Å². The van der Waals surface area contributed by atoms with Gasteiger partial charge < -0.3 is 0 Å². The molecule has 0 heterocycles. The molecule has 0 saturated carbocycles. The van der Waals surface area contributed by atoms with Crippen molar-refractivity contribution in [3.05, 3.63) is 146 Å². The van der Waals surface area contributed by atoms with Crippen molar-refractivity contribution in [1.29, 1.82) is 0 Å². The van der Waals surface area contributed by atoms with E-state index < -0.39 is 0 Å². The molecule has 0 atom stereocenters. The van der Waals surface area contributed by atoms with Gasteiger partial charge in [-0.05, 0) is 86.2 Å². The molecule has 0 bridgehead atoms. The van der Waals surface area contributed by atoms with Gasteiger partial charge in [-0.2, -0.15) is 0 Å². The molecule has 10 aromatic rings. The van der Waals surface area contributed by atoms with Crippen molar-refractivity contribution >= 4 is 86.2 Å². The molecule has 0 N–H and O–H groups in total. The smallest absolute Gasteiger partial charge is 0 e. The largest absolute Gasteiger partial charge is 0.0610 e. The van der Waals surface area contributed by atoms with Gasteiger partial charge in [0.15, 0.2) is 0 Å². The van der Waals surface area contributed by atoms with Gasteiger partial charge in [-0.25, -0.2) is 0 Å². The Bertz CT molecular complexity index is 2020. The molecule has 0 spiro atoms. The van der Waals surface area contributed by atoms with Crippen LogP contribution in [0.4, 0.5) is 0 Å². The minimum atomic E-state index is 0. The van der Waals surface area contributed by atoms with E-state index in [0.29, 0.717) is 0 Å². The van der Waals surface area contributed by atoms with E-state index >= 15 is 0 Å². The second-order valence-electron chi connectivity index (χ2n) is 10.8. The Balaban J connectivity index is 0.000000122. The van der Waals surface area contributed by atoms with E-state index in [4.69, 9.17) is 0 Å². The van der Waals surface area contributed by atoms with Crippen molar-refractivity contribution in [1.82, 2.24) is 0 Å². The Morgan fingerprint density at radius 2 is 0.341 bits per heavy atom. The maximum absolute atomic E-state index is 2.25. The van der Waals surface area contributed by atoms with Crippen LogP contribution in [0.15, 0.2) is 146 Å². The third-order valence-corrected chi connectivity index (χ3v) is 8.78. The van der Waals surface area contributed by atoms with Gasteiger partial charge in [0, 0.05) is 21.1 Å². The first-order chi connectivity index (χ1) is 19.9. The van der Waals surface area contributed by atoms with E-state index in [2.05, 4.69) is 146 Å². The first-order valence-corrected chi connectivity index (χ1v) is 14.0. The molecule has 10 aromatic carbocycles. The van der Waals surface area contributed by atoms with E-state index in [9.17, 15) is 0 Å². The van der Waals surface area contributed by atoms with Gasteiger partial charge in [0.2, 0.25) is 0 Å². The van der Waals surface area contributed by atoms with Crippen LogP contribution in [0.3, 0.4) is 0 Å². The van der Waals surface area contributed by atoms with E-state index in [1.807, 2.05) is 0 Å². The second-order valence-corrected chi connectivity index (χ2v) is 10.8. The minimum absolute atomic E-state index is 0. The van der Waals surface area contributed by atoms with Crippen molar-refractivity contribution in [3.63, 3.8) is 0 Å². The summed E-state index contributed by atoms with van der Waals surface area (Å²) in [6.07, 6.45) is 0. The quantitative estimate of drug-likeness (QED) is 0.109. The Labute approximate surface area is 251 Å². The van der Waals surface area contributed by atoms with Crippen LogP contribution in [0.2, 0.25) is 0 Å². The van der Waals surface area contributed by atoms with Crippen LogP contribution in [0.25, 0.3) is 86.2 Å². The van der Waals surface area contributed by atoms with Gasteiger partial charge in [0.1, 0.15) is 0 Å². The zero-order valence-electron chi connectivity index (χ0n) is 22.2. The topological polar surface area (TPSA) is 0 Å². The Morgan fingerprint density at radius 3 is 0.488 bits per heavy atom. The maximum Gasteiger partial charge on any atom is 0 e. The fourth-order valence-electron chi connectivity index (χ4n) is 7.16. The van der Waals surface area contributed by atoms with Crippen molar-refractivity contribution in [3.8, 4) is 0 Å². The SMILES string of the molecule is [Pt].c1cc2cccc3c4cccc5cccc(c(c1)c23)c54.c1cc2cccc3c4cccc5cccc(c(c1)c23)c54.